The number of thiophene rings is 1. The van der Waals surface area contributed by atoms with E-state index in [1.54, 1.807) is 12.5 Å². The number of amides is 1. The maximum absolute atomic E-state index is 12.5. The smallest absolute Gasteiger partial charge is 0.280 e. The summed E-state index contributed by atoms with van der Waals surface area (Å²) in [5, 5.41) is 4.74. The number of nitrogens with one attached hydrogen (secondary N) is 2. The number of aryl methyl sites for hydroxylation is 1. The molecule has 0 aromatic carbocycles. The Morgan fingerprint density at radius 1 is 1.52 bits per heavy atom. The maximum atomic E-state index is 12.5. The molecule has 2 N–H and O–H groups in total. The molecule has 0 saturated carbocycles. The van der Waals surface area contributed by atoms with Gasteiger partial charge >= 0.3 is 0 Å². The van der Waals surface area contributed by atoms with Gasteiger partial charge in [0.15, 0.2) is 0 Å². The Morgan fingerprint density at radius 3 is 3.04 bits per heavy atom. The highest BCUT2D eigenvalue weighted by atomic mass is 32.2. The number of likely N-dealkylation sites (N-methyl/N-ethyl adjacent to an activating group) is 1. The lowest BCUT2D eigenvalue weighted by Gasteiger charge is -2.35. The van der Waals surface area contributed by atoms with E-state index in [0.29, 0.717) is 13.0 Å². The SMILES string of the molecule is CN1C(C(=O)NCCCn2ccnc2)CC(c2cccs2)NS1(=O)=O. The van der Waals surface area contributed by atoms with E-state index in [0.717, 1.165) is 22.1 Å². The van der Waals surface area contributed by atoms with E-state index < -0.39 is 16.3 Å². The summed E-state index contributed by atoms with van der Waals surface area (Å²) in [6.45, 7) is 1.23. The first-order chi connectivity index (χ1) is 12.0. The van der Waals surface area contributed by atoms with Gasteiger partial charge < -0.3 is 9.88 Å². The molecule has 10 heteroatoms. The van der Waals surface area contributed by atoms with Gasteiger partial charge in [-0.2, -0.15) is 17.4 Å². The number of aromatic nitrogens is 2. The molecule has 1 aliphatic heterocycles. The first kappa shape index (κ1) is 18.1. The Labute approximate surface area is 151 Å². The molecule has 1 fully saturated rings. The third kappa shape index (κ3) is 4.27. The first-order valence-corrected chi connectivity index (χ1v) is 10.3. The largest absolute Gasteiger partial charge is 0.355 e. The van der Waals surface area contributed by atoms with Gasteiger partial charge in [-0.05, 0) is 24.3 Å². The molecule has 2 aromatic heterocycles. The van der Waals surface area contributed by atoms with Gasteiger partial charge in [0.25, 0.3) is 10.2 Å². The Bertz CT molecular complexity index is 789. The lowest BCUT2D eigenvalue weighted by Crippen LogP contribution is -2.57. The predicted molar refractivity (Wildman–Crippen MR) is 95.1 cm³/mol. The summed E-state index contributed by atoms with van der Waals surface area (Å²) in [5.41, 5.74) is 0. The van der Waals surface area contributed by atoms with Crippen molar-refractivity contribution in [2.45, 2.75) is 31.5 Å². The van der Waals surface area contributed by atoms with Gasteiger partial charge in [-0.15, -0.1) is 11.3 Å². The van der Waals surface area contributed by atoms with Crippen molar-refractivity contribution in [3.05, 3.63) is 41.1 Å². The Morgan fingerprint density at radius 2 is 2.36 bits per heavy atom. The zero-order chi connectivity index (χ0) is 17.9. The van der Waals surface area contributed by atoms with Crippen LogP contribution in [0.5, 0.6) is 0 Å². The molecule has 3 heterocycles. The second-order valence-electron chi connectivity index (χ2n) is 5.90. The summed E-state index contributed by atoms with van der Waals surface area (Å²) in [4.78, 5) is 17.4. The average Bonchev–Trinajstić information content (AvgIpc) is 3.27. The van der Waals surface area contributed by atoms with Crippen molar-refractivity contribution in [3.63, 3.8) is 0 Å². The highest BCUT2D eigenvalue weighted by Crippen LogP contribution is 2.30. The summed E-state index contributed by atoms with van der Waals surface area (Å²) in [6.07, 6.45) is 6.45. The maximum Gasteiger partial charge on any atom is 0.280 e. The number of rotatable bonds is 6. The van der Waals surface area contributed by atoms with Crippen LogP contribution in [0.3, 0.4) is 0 Å². The molecule has 2 atom stereocenters. The van der Waals surface area contributed by atoms with Crippen molar-refractivity contribution in [3.8, 4) is 0 Å². The van der Waals surface area contributed by atoms with Gasteiger partial charge in [0.2, 0.25) is 5.91 Å². The van der Waals surface area contributed by atoms with Crippen LogP contribution in [0, 0.1) is 0 Å². The number of hydrogen-bond acceptors (Lipinski definition) is 5. The Kier molecular flexibility index (Phi) is 5.52. The van der Waals surface area contributed by atoms with Crippen LogP contribution in [0.2, 0.25) is 0 Å². The first-order valence-electron chi connectivity index (χ1n) is 7.99. The number of nitrogens with zero attached hydrogens (tertiary/aromatic N) is 3. The molecule has 1 aliphatic rings. The van der Waals surface area contributed by atoms with E-state index >= 15 is 0 Å². The molecule has 0 bridgehead atoms. The van der Waals surface area contributed by atoms with Crippen molar-refractivity contribution in [2.24, 2.45) is 0 Å². The second-order valence-corrected chi connectivity index (χ2v) is 8.64. The fourth-order valence-corrected chi connectivity index (χ4v) is 4.93. The highest BCUT2D eigenvalue weighted by Gasteiger charge is 2.40. The fraction of sp³-hybridized carbons (Fsp3) is 0.467. The quantitative estimate of drug-likeness (QED) is 0.719. The molecule has 0 spiro atoms. The number of hydrogen-bond donors (Lipinski definition) is 2. The summed E-state index contributed by atoms with van der Waals surface area (Å²) in [7, 11) is -2.25. The molecule has 25 heavy (non-hydrogen) atoms. The Hall–Kier alpha value is -1.75. The summed E-state index contributed by atoms with van der Waals surface area (Å²) in [5.74, 6) is -0.264. The molecular formula is C15H21N5O3S2. The minimum absolute atomic E-state index is 0.264. The zero-order valence-electron chi connectivity index (χ0n) is 13.8. The van der Waals surface area contributed by atoms with Crippen LogP contribution in [0.15, 0.2) is 36.2 Å². The van der Waals surface area contributed by atoms with E-state index in [1.165, 1.54) is 18.4 Å². The predicted octanol–water partition coefficient (Wildman–Crippen LogP) is 0.731. The number of imidazole rings is 1. The topological polar surface area (TPSA) is 96.3 Å². The van der Waals surface area contributed by atoms with Crippen molar-refractivity contribution in [1.29, 1.82) is 0 Å². The van der Waals surface area contributed by atoms with Gasteiger partial charge in [0.05, 0.1) is 12.4 Å². The monoisotopic (exact) mass is 383 g/mol. The Balaban J connectivity index is 1.59. The summed E-state index contributed by atoms with van der Waals surface area (Å²) < 4.78 is 30.3. The highest BCUT2D eigenvalue weighted by molar-refractivity contribution is 7.87. The van der Waals surface area contributed by atoms with Crippen LogP contribution >= 0.6 is 11.3 Å². The fourth-order valence-electron chi connectivity index (χ4n) is 2.80. The average molecular weight is 383 g/mol. The van der Waals surface area contributed by atoms with Crippen LogP contribution in [0.25, 0.3) is 0 Å². The van der Waals surface area contributed by atoms with Crippen molar-refractivity contribution >= 4 is 27.5 Å². The van der Waals surface area contributed by atoms with Crippen LogP contribution in [-0.2, 0) is 21.5 Å². The third-order valence-electron chi connectivity index (χ3n) is 4.21. The second kappa shape index (κ2) is 7.65. The molecule has 136 valence electrons. The summed E-state index contributed by atoms with van der Waals surface area (Å²) in [6, 6.07) is 2.66. The van der Waals surface area contributed by atoms with E-state index in [9.17, 15) is 13.2 Å². The minimum atomic E-state index is -3.68. The zero-order valence-corrected chi connectivity index (χ0v) is 15.5. The minimum Gasteiger partial charge on any atom is -0.355 e. The van der Waals surface area contributed by atoms with Crippen LogP contribution < -0.4 is 10.0 Å². The molecule has 3 rings (SSSR count). The molecule has 0 aliphatic carbocycles. The molecule has 8 nitrogen and oxygen atoms in total. The molecule has 1 saturated heterocycles. The molecule has 1 amide bonds. The number of carbonyl (C=O) groups excluding carboxylic acids is 1. The van der Waals surface area contributed by atoms with Crippen molar-refractivity contribution < 1.29 is 13.2 Å². The van der Waals surface area contributed by atoms with Gasteiger partial charge in [-0.1, -0.05) is 6.07 Å². The van der Waals surface area contributed by atoms with E-state index in [1.807, 2.05) is 28.3 Å². The molecule has 2 unspecified atom stereocenters. The summed E-state index contributed by atoms with van der Waals surface area (Å²) >= 11 is 1.48. The van der Waals surface area contributed by atoms with Crippen LogP contribution in [-0.4, -0.2) is 47.8 Å². The van der Waals surface area contributed by atoms with Gasteiger partial charge in [0, 0.05) is 37.4 Å². The van der Waals surface area contributed by atoms with E-state index in [2.05, 4.69) is 15.0 Å². The molecule has 2 aromatic rings. The van der Waals surface area contributed by atoms with E-state index in [4.69, 9.17) is 0 Å². The van der Waals surface area contributed by atoms with Gasteiger partial charge in [-0.3, -0.25) is 4.79 Å². The lowest BCUT2D eigenvalue weighted by atomic mass is 10.1. The van der Waals surface area contributed by atoms with Crippen molar-refractivity contribution in [2.75, 3.05) is 13.6 Å². The third-order valence-corrected chi connectivity index (χ3v) is 6.79. The van der Waals surface area contributed by atoms with E-state index in [-0.39, 0.29) is 11.9 Å². The number of carbonyl (C=O) groups is 1. The molecular weight excluding hydrogens is 362 g/mol. The normalized spacial score (nSPS) is 23.4. The van der Waals surface area contributed by atoms with Crippen molar-refractivity contribution in [1.82, 2.24) is 23.9 Å². The van der Waals surface area contributed by atoms with Crippen LogP contribution in [0.1, 0.15) is 23.8 Å². The standard InChI is InChI=1S/C15H21N5O3S2/c1-19-13(15(21)17-5-3-7-20-8-6-16-11-20)10-12(18-25(19,22)23)14-4-2-9-24-14/h2,4,6,8-9,11-13,18H,3,5,7,10H2,1H3,(H,17,21). The lowest BCUT2D eigenvalue weighted by molar-refractivity contribution is -0.125. The van der Waals surface area contributed by atoms with Gasteiger partial charge in [-0.25, -0.2) is 4.98 Å². The molecule has 0 radical (unpaired) electrons. The van der Waals surface area contributed by atoms with Gasteiger partial charge in [0.1, 0.15) is 6.04 Å². The van der Waals surface area contributed by atoms with Crippen LogP contribution in [0.4, 0.5) is 0 Å².